The molecule has 1 amide bonds. The summed E-state index contributed by atoms with van der Waals surface area (Å²) in [5.74, 6) is -0.405. The Bertz CT molecular complexity index is 561. The van der Waals surface area contributed by atoms with E-state index in [1.807, 2.05) is 46.8 Å². The van der Waals surface area contributed by atoms with Crippen LogP contribution in [0.4, 0.5) is 5.69 Å². The highest BCUT2D eigenvalue weighted by atomic mass is 16.5. The second kappa shape index (κ2) is 8.11. The summed E-state index contributed by atoms with van der Waals surface area (Å²) in [6, 6.07) is 4.09. The molecule has 1 atom stereocenters. The van der Waals surface area contributed by atoms with Crippen molar-refractivity contribution in [3.05, 3.63) is 28.8 Å². The topological polar surface area (TPSA) is 67.4 Å². The lowest BCUT2D eigenvalue weighted by molar-refractivity contribution is -0.142. The lowest BCUT2D eigenvalue weighted by Gasteiger charge is -2.28. The predicted octanol–water partition coefficient (Wildman–Crippen LogP) is 2.87. The van der Waals surface area contributed by atoms with E-state index in [2.05, 4.69) is 10.6 Å². The minimum Gasteiger partial charge on any atom is -0.469 e. The summed E-state index contributed by atoms with van der Waals surface area (Å²) in [4.78, 5) is 23.7. The number of hydrogen-bond acceptors (Lipinski definition) is 4. The van der Waals surface area contributed by atoms with Crippen molar-refractivity contribution in [2.45, 2.75) is 53.0 Å². The monoisotopic (exact) mass is 320 g/mol. The Morgan fingerprint density at radius 3 is 2.22 bits per heavy atom. The SMILES string of the molecule is CCC(C)(CC(=O)OC)NCC(=O)Nc1c(C)cc(C)cc1C. The summed E-state index contributed by atoms with van der Waals surface area (Å²) in [7, 11) is 1.37. The van der Waals surface area contributed by atoms with Crippen LogP contribution in [-0.4, -0.2) is 31.1 Å². The van der Waals surface area contributed by atoms with Gasteiger partial charge in [-0.2, -0.15) is 0 Å². The van der Waals surface area contributed by atoms with Crippen LogP contribution in [0.1, 0.15) is 43.4 Å². The van der Waals surface area contributed by atoms with Crippen molar-refractivity contribution in [1.82, 2.24) is 5.32 Å². The fraction of sp³-hybridized carbons (Fsp3) is 0.556. The van der Waals surface area contributed by atoms with Crippen molar-refractivity contribution in [1.29, 1.82) is 0 Å². The molecule has 1 aromatic rings. The Morgan fingerprint density at radius 1 is 1.17 bits per heavy atom. The van der Waals surface area contributed by atoms with Gasteiger partial charge in [0.1, 0.15) is 0 Å². The maximum atomic E-state index is 12.2. The van der Waals surface area contributed by atoms with Crippen molar-refractivity contribution in [2.75, 3.05) is 19.0 Å². The molecule has 5 heteroatoms. The van der Waals surface area contributed by atoms with Gasteiger partial charge in [-0.1, -0.05) is 24.6 Å². The Morgan fingerprint density at radius 2 is 1.74 bits per heavy atom. The molecule has 1 rings (SSSR count). The molecule has 2 N–H and O–H groups in total. The van der Waals surface area contributed by atoms with Gasteiger partial charge < -0.3 is 15.4 Å². The molecular weight excluding hydrogens is 292 g/mol. The van der Waals surface area contributed by atoms with Crippen molar-refractivity contribution < 1.29 is 14.3 Å². The molecule has 0 aliphatic rings. The van der Waals surface area contributed by atoms with Gasteiger partial charge in [-0.25, -0.2) is 0 Å². The number of aryl methyl sites for hydroxylation is 3. The highest BCUT2D eigenvalue weighted by Crippen LogP contribution is 2.22. The summed E-state index contributed by atoms with van der Waals surface area (Å²) in [6.45, 7) is 10.0. The van der Waals surface area contributed by atoms with Gasteiger partial charge >= 0.3 is 5.97 Å². The molecule has 1 unspecified atom stereocenters. The first-order valence-corrected chi connectivity index (χ1v) is 7.90. The van der Waals surface area contributed by atoms with Gasteiger partial charge in [0.05, 0.1) is 20.1 Å². The zero-order valence-corrected chi connectivity index (χ0v) is 15.0. The van der Waals surface area contributed by atoms with Crippen molar-refractivity contribution in [3.8, 4) is 0 Å². The van der Waals surface area contributed by atoms with Crippen LogP contribution in [0, 0.1) is 20.8 Å². The number of nitrogens with one attached hydrogen (secondary N) is 2. The molecule has 0 spiro atoms. The molecule has 23 heavy (non-hydrogen) atoms. The Hall–Kier alpha value is -1.88. The third-order valence-electron chi connectivity index (χ3n) is 4.16. The minimum atomic E-state index is -0.457. The maximum Gasteiger partial charge on any atom is 0.307 e. The largest absolute Gasteiger partial charge is 0.469 e. The standard InChI is InChI=1S/C18H28N2O3/c1-7-18(5,10-16(22)23-6)19-11-15(21)20-17-13(3)8-12(2)9-14(17)4/h8-9,19H,7,10-11H2,1-6H3,(H,20,21). The van der Waals surface area contributed by atoms with Crippen molar-refractivity contribution >= 4 is 17.6 Å². The van der Waals surface area contributed by atoms with E-state index in [9.17, 15) is 9.59 Å². The summed E-state index contributed by atoms with van der Waals surface area (Å²) in [5.41, 5.74) is 3.66. The number of amides is 1. The number of rotatable bonds is 7. The number of carbonyl (C=O) groups excluding carboxylic acids is 2. The lowest BCUT2D eigenvalue weighted by atomic mass is 9.94. The summed E-state index contributed by atoms with van der Waals surface area (Å²) < 4.78 is 4.71. The molecule has 0 radical (unpaired) electrons. The summed E-state index contributed by atoms with van der Waals surface area (Å²) in [5, 5.41) is 6.12. The van der Waals surface area contributed by atoms with Crippen molar-refractivity contribution in [3.63, 3.8) is 0 Å². The van der Waals surface area contributed by atoms with E-state index in [-0.39, 0.29) is 24.8 Å². The van der Waals surface area contributed by atoms with Gasteiger partial charge in [-0.05, 0) is 45.2 Å². The zero-order chi connectivity index (χ0) is 17.6. The molecule has 0 aliphatic heterocycles. The van der Waals surface area contributed by atoms with E-state index in [1.165, 1.54) is 12.7 Å². The first-order chi connectivity index (χ1) is 10.7. The fourth-order valence-electron chi connectivity index (χ4n) is 2.56. The summed E-state index contributed by atoms with van der Waals surface area (Å²) >= 11 is 0. The number of carbonyl (C=O) groups is 2. The van der Waals surface area contributed by atoms with Crippen LogP contribution in [0.2, 0.25) is 0 Å². The molecule has 0 saturated heterocycles. The van der Waals surface area contributed by atoms with Crippen molar-refractivity contribution in [2.24, 2.45) is 0 Å². The normalized spacial score (nSPS) is 13.3. The second-order valence-corrected chi connectivity index (χ2v) is 6.34. The molecule has 1 aromatic carbocycles. The average Bonchev–Trinajstić information content (AvgIpc) is 2.48. The van der Waals surface area contributed by atoms with Crippen LogP contribution < -0.4 is 10.6 Å². The molecule has 0 heterocycles. The molecular formula is C18H28N2O3. The quantitative estimate of drug-likeness (QED) is 0.758. The number of benzene rings is 1. The van der Waals surface area contributed by atoms with E-state index in [4.69, 9.17) is 4.74 Å². The molecule has 0 saturated carbocycles. The summed E-state index contributed by atoms with van der Waals surface area (Å²) in [6.07, 6.45) is 0.952. The molecule has 0 aromatic heterocycles. The number of ether oxygens (including phenoxy) is 1. The number of hydrogen-bond donors (Lipinski definition) is 2. The van der Waals surface area contributed by atoms with Crippen LogP contribution in [0.3, 0.4) is 0 Å². The lowest BCUT2D eigenvalue weighted by Crippen LogP contribution is -2.47. The minimum absolute atomic E-state index is 0.121. The second-order valence-electron chi connectivity index (χ2n) is 6.34. The Labute approximate surface area is 138 Å². The molecule has 128 valence electrons. The highest BCUT2D eigenvalue weighted by Gasteiger charge is 2.26. The van der Waals surface area contributed by atoms with E-state index >= 15 is 0 Å². The smallest absolute Gasteiger partial charge is 0.307 e. The van der Waals surface area contributed by atoms with Gasteiger partial charge in [-0.3, -0.25) is 9.59 Å². The third-order valence-corrected chi connectivity index (χ3v) is 4.16. The fourth-order valence-corrected chi connectivity index (χ4v) is 2.56. The average molecular weight is 320 g/mol. The van der Waals surface area contributed by atoms with Crippen LogP contribution in [0.15, 0.2) is 12.1 Å². The zero-order valence-electron chi connectivity index (χ0n) is 15.0. The predicted molar refractivity (Wildman–Crippen MR) is 92.6 cm³/mol. The molecule has 5 nitrogen and oxygen atoms in total. The van der Waals surface area contributed by atoms with Gasteiger partial charge in [-0.15, -0.1) is 0 Å². The number of methoxy groups -OCH3 is 1. The van der Waals surface area contributed by atoms with Gasteiger partial charge in [0.15, 0.2) is 0 Å². The third kappa shape index (κ3) is 5.67. The van der Waals surface area contributed by atoms with E-state index in [0.29, 0.717) is 0 Å². The maximum absolute atomic E-state index is 12.2. The van der Waals surface area contributed by atoms with Crippen LogP contribution in [-0.2, 0) is 14.3 Å². The van der Waals surface area contributed by atoms with Gasteiger partial charge in [0.2, 0.25) is 5.91 Å². The number of esters is 1. The van der Waals surface area contributed by atoms with E-state index in [0.717, 1.165) is 23.2 Å². The Kier molecular flexibility index (Phi) is 6.76. The molecule has 0 aliphatic carbocycles. The van der Waals surface area contributed by atoms with E-state index < -0.39 is 5.54 Å². The van der Waals surface area contributed by atoms with Crippen LogP contribution in [0.5, 0.6) is 0 Å². The molecule has 0 fully saturated rings. The first kappa shape index (κ1) is 19.2. The number of anilines is 1. The van der Waals surface area contributed by atoms with Gasteiger partial charge in [0.25, 0.3) is 0 Å². The van der Waals surface area contributed by atoms with Gasteiger partial charge in [0, 0.05) is 11.2 Å². The van der Waals surface area contributed by atoms with Crippen LogP contribution >= 0.6 is 0 Å². The van der Waals surface area contributed by atoms with E-state index in [1.54, 1.807) is 0 Å². The van der Waals surface area contributed by atoms with Crippen LogP contribution in [0.25, 0.3) is 0 Å². The first-order valence-electron chi connectivity index (χ1n) is 7.90. The molecule has 0 bridgehead atoms. The Balaban J connectivity index is 2.68. The highest BCUT2D eigenvalue weighted by molar-refractivity contribution is 5.93.